The molecule has 1 amide bonds. The standard InChI is InChI=1S/C22H31NO5/c1-13(2)7-6-10-22(5)19(26)12-17-11-16(8-9-18(17)28-22)21(27)23-20(14(3)24)15(4)25/h7-9,11,14,19-20,24,26H,6,10,12H2,1-5H3,(H,23,27). The molecule has 6 nitrogen and oxygen atoms in total. The second-order valence-corrected chi connectivity index (χ2v) is 8.08. The average molecular weight is 389 g/mol. The highest BCUT2D eigenvalue weighted by Gasteiger charge is 2.39. The number of hydrogen-bond donors (Lipinski definition) is 3. The fourth-order valence-electron chi connectivity index (χ4n) is 3.37. The zero-order valence-electron chi connectivity index (χ0n) is 17.3. The molecule has 0 radical (unpaired) electrons. The molecule has 2 rings (SSSR count). The second-order valence-electron chi connectivity index (χ2n) is 8.08. The highest BCUT2D eigenvalue weighted by Crippen LogP contribution is 2.36. The van der Waals surface area contributed by atoms with E-state index in [0.717, 1.165) is 12.0 Å². The van der Waals surface area contributed by atoms with E-state index in [1.165, 1.54) is 19.4 Å². The van der Waals surface area contributed by atoms with Crippen molar-refractivity contribution in [3.8, 4) is 5.75 Å². The van der Waals surface area contributed by atoms with E-state index in [2.05, 4.69) is 11.4 Å². The Labute approximate surface area is 166 Å². The number of ketones is 1. The van der Waals surface area contributed by atoms with Crippen molar-refractivity contribution in [3.63, 3.8) is 0 Å². The van der Waals surface area contributed by atoms with E-state index >= 15 is 0 Å². The second kappa shape index (κ2) is 8.88. The lowest BCUT2D eigenvalue weighted by molar-refractivity contribution is -0.121. The minimum absolute atomic E-state index is 0.313. The van der Waals surface area contributed by atoms with Crippen LogP contribution in [-0.2, 0) is 11.2 Å². The van der Waals surface area contributed by atoms with Crippen LogP contribution in [0.15, 0.2) is 29.8 Å². The van der Waals surface area contributed by atoms with Crippen LogP contribution in [0.2, 0.25) is 0 Å². The number of aliphatic hydroxyl groups excluding tert-OH is 2. The Hall–Kier alpha value is -2.18. The van der Waals surface area contributed by atoms with Crippen molar-refractivity contribution in [1.82, 2.24) is 5.32 Å². The summed E-state index contributed by atoms with van der Waals surface area (Å²) in [6, 6.07) is 4.06. The van der Waals surface area contributed by atoms with Gasteiger partial charge in [0, 0.05) is 12.0 Å². The molecule has 0 aliphatic carbocycles. The molecule has 1 aliphatic rings. The van der Waals surface area contributed by atoms with E-state index in [4.69, 9.17) is 4.74 Å². The van der Waals surface area contributed by atoms with E-state index in [1.54, 1.807) is 18.2 Å². The van der Waals surface area contributed by atoms with Gasteiger partial charge in [0.05, 0.1) is 12.2 Å². The molecule has 6 heteroatoms. The summed E-state index contributed by atoms with van der Waals surface area (Å²) in [5, 5.41) is 22.9. The molecule has 28 heavy (non-hydrogen) atoms. The maximum absolute atomic E-state index is 12.5. The minimum atomic E-state index is -0.981. The van der Waals surface area contributed by atoms with E-state index in [9.17, 15) is 19.8 Å². The quantitative estimate of drug-likeness (QED) is 0.623. The lowest BCUT2D eigenvalue weighted by atomic mass is 9.85. The fourth-order valence-corrected chi connectivity index (χ4v) is 3.37. The normalized spacial score (nSPS) is 23.0. The third kappa shape index (κ3) is 5.20. The average Bonchev–Trinajstić information content (AvgIpc) is 2.59. The summed E-state index contributed by atoms with van der Waals surface area (Å²) in [4.78, 5) is 24.1. The molecule has 154 valence electrons. The van der Waals surface area contributed by atoms with Crippen molar-refractivity contribution in [3.05, 3.63) is 41.0 Å². The van der Waals surface area contributed by atoms with Crippen LogP contribution in [0.5, 0.6) is 5.75 Å². The molecule has 1 aliphatic heterocycles. The van der Waals surface area contributed by atoms with E-state index in [0.29, 0.717) is 24.2 Å². The van der Waals surface area contributed by atoms with Crippen LogP contribution < -0.4 is 10.1 Å². The Bertz CT molecular complexity index is 766. The van der Waals surface area contributed by atoms with Gasteiger partial charge in [-0.2, -0.15) is 0 Å². The number of carbonyl (C=O) groups excluding carboxylic acids is 2. The first-order chi connectivity index (χ1) is 13.0. The summed E-state index contributed by atoms with van der Waals surface area (Å²) < 4.78 is 6.10. The lowest BCUT2D eigenvalue weighted by Crippen LogP contribution is -2.49. The number of fused-ring (bicyclic) bond motifs is 1. The number of Topliss-reactive ketones (excluding diaryl/α,β-unsaturated/α-hetero) is 1. The summed E-state index contributed by atoms with van der Waals surface area (Å²) in [6.07, 6.45) is 2.34. The summed E-state index contributed by atoms with van der Waals surface area (Å²) in [6.45, 7) is 8.76. The van der Waals surface area contributed by atoms with Gasteiger partial charge >= 0.3 is 0 Å². The van der Waals surface area contributed by atoms with Crippen LogP contribution in [0.3, 0.4) is 0 Å². The number of allylic oxidation sites excluding steroid dienone is 2. The third-order valence-corrected chi connectivity index (χ3v) is 5.18. The Kier molecular flexibility index (Phi) is 7.01. The molecule has 0 fully saturated rings. The molecular weight excluding hydrogens is 358 g/mol. The van der Waals surface area contributed by atoms with Gasteiger partial charge in [-0.25, -0.2) is 0 Å². The molecule has 1 aromatic carbocycles. The summed E-state index contributed by atoms with van der Waals surface area (Å²) in [5.41, 5.74) is 1.64. The number of benzene rings is 1. The Morgan fingerprint density at radius 2 is 2.04 bits per heavy atom. The van der Waals surface area contributed by atoms with Crippen LogP contribution in [0.25, 0.3) is 0 Å². The van der Waals surface area contributed by atoms with Gasteiger partial charge in [-0.1, -0.05) is 11.6 Å². The first kappa shape index (κ1) is 22.1. The van der Waals surface area contributed by atoms with Gasteiger partial charge in [-0.3, -0.25) is 9.59 Å². The van der Waals surface area contributed by atoms with Crippen LogP contribution in [0.1, 0.15) is 63.4 Å². The largest absolute Gasteiger partial charge is 0.485 e. The van der Waals surface area contributed by atoms with Gasteiger partial charge in [0.2, 0.25) is 0 Å². The predicted octanol–water partition coefficient (Wildman–Crippen LogP) is 2.56. The molecule has 1 aromatic rings. The number of hydrogen-bond acceptors (Lipinski definition) is 5. The van der Waals surface area contributed by atoms with Gasteiger partial charge < -0.3 is 20.3 Å². The Morgan fingerprint density at radius 1 is 1.36 bits per heavy atom. The van der Waals surface area contributed by atoms with E-state index < -0.39 is 29.8 Å². The van der Waals surface area contributed by atoms with Crippen molar-refractivity contribution in [2.24, 2.45) is 0 Å². The van der Waals surface area contributed by atoms with Gasteiger partial charge in [0.1, 0.15) is 17.4 Å². The van der Waals surface area contributed by atoms with Crippen LogP contribution in [-0.4, -0.2) is 45.8 Å². The Balaban J connectivity index is 2.16. The van der Waals surface area contributed by atoms with Crippen molar-refractivity contribution >= 4 is 11.7 Å². The van der Waals surface area contributed by atoms with Gasteiger partial charge in [0.15, 0.2) is 5.78 Å². The third-order valence-electron chi connectivity index (χ3n) is 5.18. The fraction of sp³-hybridized carbons (Fsp3) is 0.545. The monoisotopic (exact) mass is 389 g/mol. The zero-order valence-corrected chi connectivity index (χ0v) is 17.3. The van der Waals surface area contributed by atoms with Crippen LogP contribution in [0, 0.1) is 0 Å². The molecule has 1 heterocycles. The van der Waals surface area contributed by atoms with E-state index in [1.807, 2.05) is 20.8 Å². The first-order valence-electron chi connectivity index (χ1n) is 9.66. The molecule has 0 spiro atoms. The summed E-state index contributed by atoms with van der Waals surface area (Å²) in [7, 11) is 0. The topological polar surface area (TPSA) is 95.9 Å². The van der Waals surface area contributed by atoms with Crippen LogP contribution in [0.4, 0.5) is 0 Å². The number of rotatable bonds is 7. The summed E-state index contributed by atoms with van der Waals surface area (Å²) in [5.74, 6) is -0.109. The van der Waals surface area contributed by atoms with Crippen molar-refractivity contribution in [2.75, 3.05) is 0 Å². The van der Waals surface area contributed by atoms with Crippen molar-refractivity contribution < 1.29 is 24.5 Å². The molecular formula is C22H31NO5. The maximum Gasteiger partial charge on any atom is 0.251 e. The van der Waals surface area contributed by atoms with Gasteiger partial charge in [-0.15, -0.1) is 0 Å². The molecule has 3 N–H and O–H groups in total. The van der Waals surface area contributed by atoms with Crippen molar-refractivity contribution in [2.45, 2.75) is 77.7 Å². The van der Waals surface area contributed by atoms with Crippen LogP contribution >= 0.6 is 0 Å². The number of amides is 1. The predicted molar refractivity (Wildman–Crippen MR) is 107 cm³/mol. The number of aliphatic hydroxyl groups is 2. The SMILES string of the molecule is CC(=O)C(NC(=O)c1ccc2c(c1)CC(O)C(C)(CCC=C(C)C)O2)C(C)O. The minimum Gasteiger partial charge on any atom is -0.485 e. The van der Waals surface area contributed by atoms with E-state index in [-0.39, 0.29) is 5.78 Å². The number of carbonyl (C=O) groups is 2. The molecule has 0 saturated carbocycles. The van der Waals surface area contributed by atoms with Crippen molar-refractivity contribution in [1.29, 1.82) is 0 Å². The molecule has 4 unspecified atom stereocenters. The van der Waals surface area contributed by atoms with Gasteiger partial charge in [-0.05, 0) is 71.2 Å². The maximum atomic E-state index is 12.5. The summed E-state index contributed by atoms with van der Waals surface area (Å²) >= 11 is 0. The molecule has 0 saturated heterocycles. The van der Waals surface area contributed by atoms with Gasteiger partial charge in [0.25, 0.3) is 5.91 Å². The lowest BCUT2D eigenvalue weighted by Gasteiger charge is -2.40. The molecule has 0 bridgehead atoms. The Morgan fingerprint density at radius 3 is 2.61 bits per heavy atom. The number of ether oxygens (including phenoxy) is 1. The molecule has 4 atom stereocenters. The number of nitrogens with one attached hydrogen (secondary N) is 1. The molecule has 0 aromatic heterocycles. The highest BCUT2D eigenvalue weighted by molar-refractivity contribution is 5.98. The zero-order chi connectivity index (χ0) is 21.1. The highest BCUT2D eigenvalue weighted by atomic mass is 16.5. The smallest absolute Gasteiger partial charge is 0.251 e. The first-order valence-corrected chi connectivity index (χ1v) is 9.66.